The SMILES string of the molecule is [CH]12[CH]3[CH]4[CH]5[CH]1[Fe]23451678[CH]2[CH]1[CH]6[CH]7[CH]28.[Ru]. The Kier molecular flexibility index (Phi) is 0.0939. The van der Waals surface area contributed by atoms with Crippen LogP contribution in [-0.2, 0) is 26.0 Å². The normalized spacial score (nSPS) is 157. The van der Waals surface area contributed by atoms with Crippen LogP contribution in [0.25, 0.3) is 0 Å². The van der Waals surface area contributed by atoms with Crippen LogP contribution in [0.5, 0.6) is 0 Å². The van der Waals surface area contributed by atoms with Gasteiger partial charge in [-0.25, -0.2) is 0 Å². The second-order valence-electron chi connectivity index (χ2n) is 9.58. The number of fused-ring (bicyclic) bond motifs is 10. The van der Waals surface area contributed by atoms with E-state index in [0.717, 1.165) is 0 Å². The molecule has 0 aromatic rings. The van der Waals surface area contributed by atoms with Crippen molar-refractivity contribution < 1.29 is 26.0 Å². The molecule has 0 aromatic heterocycles. The van der Waals surface area contributed by atoms with E-state index in [-0.39, 0.29) is 19.5 Å². The van der Waals surface area contributed by atoms with Crippen molar-refractivity contribution in [3.8, 4) is 0 Å². The molecule has 2 heteroatoms. The molecule has 0 N–H and O–H groups in total. The van der Waals surface area contributed by atoms with E-state index in [1.165, 1.54) is 0 Å². The summed E-state index contributed by atoms with van der Waals surface area (Å²) in [5, 5.41) is 0. The van der Waals surface area contributed by atoms with Gasteiger partial charge in [0.15, 0.2) is 0 Å². The van der Waals surface area contributed by atoms with Gasteiger partial charge in [0, 0.05) is 19.5 Å². The Morgan fingerprint density at radius 2 is 0.583 bits per heavy atom. The fraction of sp³-hybridized carbons (Fsp3) is 1.00. The van der Waals surface area contributed by atoms with Gasteiger partial charge in [0.25, 0.3) is 0 Å². The maximum atomic E-state index is 1.59. The monoisotopic (exact) mass is 288 g/mol. The molecule has 0 atom stereocenters. The Bertz CT molecular complexity index is 577. The molecule has 0 unspecified atom stereocenters. The molecule has 10 aliphatic rings. The van der Waals surface area contributed by atoms with Gasteiger partial charge in [-0.1, -0.05) is 0 Å². The van der Waals surface area contributed by atoms with Crippen LogP contribution in [0.3, 0.4) is 0 Å². The van der Waals surface area contributed by atoms with Crippen LogP contribution < -0.4 is 0 Å². The Morgan fingerprint density at radius 3 is 0.583 bits per heavy atom. The molecule has 0 radical (unpaired) electrons. The van der Waals surface area contributed by atoms with Crippen LogP contribution in [0.4, 0.5) is 0 Å². The molecule has 10 aliphatic heterocycles. The van der Waals surface area contributed by atoms with Crippen molar-refractivity contribution in [1.29, 1.82) is 0 Å². The Labute approximate surface area is 73.9 Å². The van der Waals surface area contributed by atoms with Crippen LogP contribution in [-0.4, -0.2) is 0 Å². The van der Waals surface area contributed by atoms with Gasteiger partial charge >= 0.3 is 54.7 Å². The average Bonchev–Trinajstić information content (AvgIpc) is 3.01. The predicted molar refractivity (Wildman–Crippen MR) is 37.5 cm³/mol. The molecule has 66 valence electrons. The molecule has 1 spiro atoms. The maximum Gasteiger partial charge on any atom is 0 e. The van der Waals surface area contributed by atoms with E-state index in [2.05, 4.69) is 0 Å². The van der Waals surface area contributed by atoms with Gasteiger partial charge < -0.3 is 0 Å². The third-order valence-corrected chi connectivity index (χ3v) is 56.5. The molecule has 10 fully saturated rings. The first-order valence-corrected chi connectivity index (χ1v) is 11.7. The summed E-state index contributed by atoms with van der Waals surface area (Å²) in [4.78, 5) is 15.9. The van der Waals surface area contributed by atoms with Gasteiger partial charge in [-0.05, 0) is 0 Å². The average molecular weight is 287 g/mol. The largest absolute Gasteiger partial charge is 0 e. The molecular formula is C10H10FeRu. The van der Waals surface area contributed by atoms with E-state index in [1.807, 2.05) is 0 Å². The Hall–Kier alpha value is 1.14. The number of hydrogen-bond donors (Lipinski definition) is 0. The van der Waals surface area contributed by atoms with E-state index in [0.29, 0.717) is 0 Å². The third-order valence-electron chi connectivity index (χ3n) is 14.5. The van der Waals surface area contributed by atoms with Gasteiger partial charge in [0.1, 0.15) is 0 Å². The van der Waals surface area contributed by atoms with Crippen molar-refractivity contribution in [2.75, 3.05) is 0 Å². The minimum absolute atomic E-state index is 0. The zero-order valence-corrected chi connectivity index (χ0v) is 9.32. The first kappa shape index (κ1) is 4.34. The van der Waals surface area contributed by atoms with Gasteiger partial charge in [-0.2, -0.15) is 0 Å². The van der Waals surface area contributed by atoms with E-state index in [1.54, 1.807) is 48.2 Å². The summed E-state index contributed by atoms with van der Waals surface area (Å²) in [6.45, 7) is -2.28. The molecule has 10 saturated heterocycles. The summed E-state index contributed by atoms with van der Waals surface area (Å²) >= 11 is 0. The Balaban J connectivity index is 0.000000400. The van der Waals surface area contributed by atoms with Crippen LogP contribution in [0.15, 0.2) is 0 Å². The van der Waals surface area contributed by atoms with Crippen LogP contribution in [0, 0.1) is 0 Å². The molecule has 10 heterocycles. The van der Waals surface area contributed by atoms with Crippen molar-refractivity contribution in [2.45, 2.75) is 48.2 Å². The summed E-state index contributed by atoms with van der Waals surface area (Å²) in [6, 6.07) is 0. The van der Waals surface area contributed by atoms with Crippen molar-refractivity contribution >= 4 is 0 Å². The van der Waals surface area contributed by atoms with Crippen LogP contribution in [0.1, 0.15) is 0 Å². The molecule has 0 amide bonds. The molecule has 0 saturated carbocycles. The fourth-order valence-electron chi connectivity index (χ4n) is 15.8. The van der Waals surface area contributed by atoms with E-state index in [9.17, 15) is 0 Å². The zero-order chi connectivity index (χ0) is 6.09. The standard InChI is InChI=1S/2C5H5.Fe.Ru/c2*1-2-4-5-3-1;;/h2*1-5H;;. The molecule has 0 aromatic carbocycles. The topological polar surface area (TPSA) is 0 Å². The van der Waals surface area contributed by atoms with Gasteiger partial charge in [-0.3, -0.25) is 0 Å². The molecule has 0 bridgehead atoms. The molecular weight excluding hydrogens is 277 g/mol. The summed E-state index contributed by atoms with van der Waals surface area (Å²) in [6.07, 6.45) is 0. The first-order valence-electron chi connectivity index (χ1n) is 5.37. The number of hydrogen-bond acceptors (Lipinski definition) is 0. The minimum atomic E-state index is -2.28. The smallest absolute Gasteiger partial charge is 0 e. The van der Waals surface area contributed by atoms with Gasteiger partial charge in [0.2, 0.25) is 0 Å². The quantitative estimate of drug-likeness (QED) is 0.599. The van der Waals surface area contributed by atoms with E-state index < -0.39 is 6.51 Å². The molecule has 12 heavy (non-hydrogen) atoms. The third kappa shape index (κ3) is 0.0283. The summed E-state index contributed by atoms with van der Waals surface area (Å²) in [5.74, 6) is 0. The van der Waals surface area contributed by atoms with Crippen molar-refractivity contribution in [3.05, 3.63) is 0 Å². The fourth-order valence-corrected chi connectivity index (χ4v) is 88.0. The van der Waals surface area contributed by atoms with E-state index in [4.69, 9.17) is 0 Å². The molecule has 0 nitrogen and oxygen atoms in total. The first-order chi connectivity index (χ1) is 5.16. The summed E-state index contributed by atoms with van der Waals surface area (Å²) in [7, 11) is 0. The van der Waals surface area contributed by atoms with Crippen molar-refractivity contribution in [1.82, 2.24) is 0 Å². The summed E-state index contributed by atoms with van der Waals surface area (Å²) < 4.78 is 0. The van der Waals surface area contributed by atoms with E-state index >= 15 is 0 Å². The number of rotatable bonds is 0. The maximum absolute atomic E-state index is 2.28. The Morgan fingerprint density at radius 1 is 0.417 bits per heavy atom. The minimum Gasteiger partial charge on any atom is 0 e. The second-order valence-corrected chi connectivity index (χ2v) is 33.5. The molecule has 0 aliphatic carbocycles. The molecule has 10 rings (SSSR count). The van der Waals surface area contributed by atoms with Gasteiger partial charge in [0.05, 0.1) is 0 Å². The second kappa shape index (κ2) is 0.260. The van der Waals surface area contributed by atoms with Crippen molar-refractivity contribution in [2.24, 2.45) is 0 Å². The van der Waals surface area contributed by atoms with Crippen molar-refractivity contribution in [3.63, 3.8) is 0 Å². The summed E-state index contributed by atoms with van der Waals surface area (Å²) in [5.41, 5.74) is 0. The van der Waals surface area contributed by atoms with Crippen LogP contribution >= 0.6 is 0 Å². The zero-order valence-electron chi connectivity index (χ0n) is 6.48. The predicted octanol–water partition coefficient (Wildman–Crippen LogP) is 3.37. The van der Waals surface area contributed by atoms with Crippen LogP contribution in [0.2, 0.25) is 48.2 Å². The van der Waals surface area contributed by atoms with Gasteiger partial charge in [-0.15, -0.1) is 0 Å².